The van der Waals surface area contributed by atoms with E-state index in [0.29, 0.717) is 6.42 Å². The van der Waals surface area contributed by atoms with Crippen LogP contribution in [0.4, 0.5) is 0 Å². The molecule has 0 fully saturated rings. The van der Waals surface area contributed by atoms with Crippen molar-refractivity contribution in [1.29, 1.82) is 0 Å². The molecule has 1 aromatic rings. The summed E-state index contributed by atoms with van der Waals surface area (Å²) in [5.41, 5.74) is -0.586. The first-order chi connectivity index (χ1) is 12.8. The zero-order chi connectivity index (χ0) is 21.7. The number of ether oxygens (including phenoxy) is 1. The predicted molar refractivity (Wildman–Crippen MR) is 108 cm³/mol. The Morgan fingerprint density at radius 1 is 1.18 bits per heavy atom. The van der Waals surface area contributed by atoms with Crippen molar-refractivity contribution in [3.05, 3.63) is 23.8 Å². The normalized spacial score (nSPS) is 13.1. The minimum atomic E-state index is -3.92. The lowest BCUT2D eigenvalue weighted by Gasteiger charge is -2.22. The minimum Gasteiger partial charge on any atom is -0.495 e. The number of benzene rings is 1. The van der Waals surface area contributed by atoms with E-state index < -0.39 is 27.5 Å². The summed E-state index contributed by atoms with van der Waals surface area (Å²) in [6.07, 6.45) is 0.457. The zero-order valence-corrected chi connectivity index (χ0v) is 18.4. The van der Waals surface area contributed by atoms with Crippen LogP contribution in [0.15, 0.2) is 23.1 Å². The standard InChI is InChI=1S/C19H31N3O5S/c1-12(2)10-14(18(24)20-6)21-17(23)13-8-9-15(27-7)16(11-13)28(25,26)22-19(3,4)5/h8-9,11-12,14,22H,10H2,1-7H3,(H,20,24)(H,21,23). The molecule has 8 nitrogen and oxygen atoms in total. The molecule has 0 radical (unpaired) electrons. The Bertz CT molecular complexity index is 813. The van der Waals surface area contributed by atoms with Crippen LogP contribution in [-0.4, -0.2) is 46.0 Å². The number of nitrogens with one attached hydrogen (secondary N) is 3. The van der Waals surface area contributed by atoms with Crippen LogP contribution in [-0.2, 0) is 14.8 Å². The number of rotatable bonds is 8. The lowest BCUT2D eigenvalue weighted by atomic mass is 10.0. The van der Waals surface area contributed by atoms with E-state index in [-0.39, 0.29) is 28.0 Å². The summed E-state index contributed by atoms with van der Waals surface area (Å²) in [7, 11) is -1.06. The van der Waals surface area contributed by atoms with Crippen LogP contribution >= 0.6 is 0 Å². The Morgan fingerprint density at radius 3 is 2.25 bits per heavy atom. The topological polar surface area (TPSA) is 114 Å². The summed E-state index contributed by atoms with van der Waals surface area (Å²) in [5, 5.41) is 5.20. The van der Waals surface area contributed by atoms with Gasteiger partial charge in [-0.05, 0) is 51.3 Å². The summed E-state index contributed by atoms with van der Waals surface area (Å²) < 4.78 is 33.2. The summed E-state index contributed by atoms with van der Waals surface area (Å²) in [6.45, 7) is 9.03. The van der Waals surface area contributed by atoms with Crippen LogP contribution in [0.5, 0.6) is 5.75 Å². The van der Waals surface area contributed by atoms with E-state index in [1.165, 1.54) is 32.4 Å². The molecule has 1 unspecified atom stereocenters. The third-order valence-corrected chi connectivity index (χ3v) is 5.51. The molecule has 2 amide bonds. The van der Waals surface area contributed by atoms with E-state index in [4.69, 9.17) is 4.74 Å². The van der Waals surface area contributed by atoms with Crippen molar-refractivity contribution in [2.24, 2.45) is 5.92 Å². The maximum absolute atomic E-state index is 12.7. The summed E-state index contributed by atoms with van der Waals surface area (Å²) in [6, 6.07) is 3.41. The highest BCUT2D eigenvalue weighted by Crippen LogP contribution is 2.26. The largest absolute Gasteiger partial charge is 0.495 e. The van der Waals surface area contributed by atoms with Gasteiger partial charge < -0.3 is 15.4 Å². The van der Waals surface area contributed by atoms with E-state index in [0.717, 1.165) is 0 Å². The number of carbonyl (C=O) groups is 2. The van der Waals surface area contributed by atoms with Gasteiger partial charge in [0.1, 0.15) is 16.7 Å². The average molecular weight is 414 g/mol. The number of methoxy groups -OCH3 is 1. The summed E-state index contributed by atoms with van der Waals surface area (Å²) in [4.78, 5) is 24.6. The van der Waals surface area contributed by atoms with Gasteiger partial charge in [0, 0.05) is 18.2 Å². The molecule has 0 aliphatic heterocycles. The Hall–Kier alpha value is -2.13. The minimum absolute atomic E-state index is 0.118. The number of carbonyl (C=O) groups excluding carboxylic acids is 2. The second-order valence-corrected chi connectivity index (χ2v) is 9.64. The Labute approximate surface area is 167 Å². The second-order valence-electron chi connectivity index (χ2n) is 7.99. The molecular formula is C19H31N3O5S. The van der Waals surface area contributed by atoms with Gasteiger partial charge >= 0.3 is 0 Å². The molecule has 1 aromatic carbocycles. The molecule has 3 N–H and O–H groups in total. The first-order valence-electron chi connectivity index (χ1n) is 9.05. The van der Waals surface area contributed by atoms with Crippen molar-refractivity contribution in [1.82, 2.24) is 15.4 Å². The molecule has 0 spiro atoms. The van der Waals surface area contributed by atoms with E-state index in [1.807, 2.05) is 13.8 Å². The third kappa shape index (κ3) is 6.79. The maximum Gasteiger partial charge on any atom is 0.251 e. The number of likely N-dealkylation sites (N-methyl/N-ethyl adjacent to an activating group) is 1. The highest BCUT2D eigenvalue weighted by Gasteiger charge is 2.27. The fraction of sp³-hybridized carbons (Fsp3) is 0.579. The van der Waals surface area contributed by atoms with Crippen LogP contribution in [0.25, 0.3) is 0 Å². The van der Waals surface area contributed by atoms with Gasteiger partial charge in [0.2, 0.25) is 15.9 Å². The molecule has 158 valence electrons. The molecule has 1 rings (SSSR count). The third-order valence-electron chi connectivity index (χ3n) is 3.73. The summed E-state index contributed by atoms with van der Waals surface area (Å²) >= 11 is 0. The molecule has 0 saturated heterocycles. The number of hydrogen-bond donors (Lipinski definition) is 3. The number of hydrogen-bond acceptors (Lipinski definition) is 5. The fourth-order valence-electron chi connectivity index (χ4n) is 2.60. The molecule has 0 aromatic heterocycles. The van der Waals surface area contributed by atoms with E-state index >= 15 is 0 Å². The van der Waals surface area contributed by atoms with Crippen molar-refractivity contribution in [3.63, 3.8) is 0 Å². The van der Waals surface area contributed by atoms with Crippen LogP contribution < -0.4 is 20.1 Å². The van der Waals surface area contributed by atoms with Crippen molar-refractivity contribution in [2.45, 2.75) is 57.5 Å². The molecule has 0 aliphatic rings. The van der Waals surface area contributed by atoms with Gasteiger partial charge in [-0.15, -0.1) is 0 Å². The zero-order valence-electron chi connectivity index (χ0n) is 17.5. The first kappa shape index (κ1) is 23.9. The summed E-state index contributed by atoms with van der Waals surface area (Å²) in [5.74, 6) is -0.536. The second kappa shape index (κ2) is 9.38. The van der Waals surface area contributed by atoms with Crippen molar-refractivity contribution >= 4 is 21.8 Å². The van der Waals surface area contributed by atoms with Gasteiger partial charge in [0.05, 0.1) is 7.11 Å². The van der Waals surface area contributed by atoms with Crippen molar-refractivity contribution in [3.8, 4) is 5.75 Å². The Kier molecular flexibility index (Phi) is 8.01. The lowest BCUT2D eigenvalue weighted by molar-refractivity contribution is -0.122. The fourth-order valence-corrected chi connectivity index (χ4v) is 4.22. The predicted octanol–water partition coefficient (Wildman–Crippen LogP) is 1.66. The van der Waals surface area contributed by atoms with E-state index in [9.17, 15) is 18.0 Å². The monoisotopic (exact) mass is 413 g/mol. The highest BCUT2D eigenvalue weighted by molar-refractivity contribution is 7.89. The van der Waals surface area contributed by atoms with Gasteiger partial charge in [-0.2, -0.15) is 0 Å². The molecule has 0 aliphatic carbocycles. The maximum atomic E-state index is 12.7. The lowest BCUT2D eigenvalue weighted by Crippen LogP contribution is -2.46. The smallest absolute Gasteiger partial charge is 0.251 e. The molecule has 9 heteroatoms. The first-order valence-corrected chi connectivity index (χ1v) is 10.5. The average Bonchev–Trinajstić information content (AvgIpc) is 2.57. The Morgan fingerprint density at radius 2 is 1.79 bits per heavy atom. The molecule has 28 heavy (non-hydrogen) atoms. The number of sulfonamides is 1. The van der Waals surface area contributed by atoms with Gasteiger partial charge in [-0.25, -0.2) is 13.1 Å². The molecular weight excluding hydrogens is 382 g/mol. The van der Waals surface area contributed by atoms with E-state index in [1.54, 1.807) is 20.8 Å². The van der Waals surface area contributed by atoms with Crippen LogP contribution in [0.1, 0.15) is 51.4 Å². The molecule has 0 heterocycles. The van der Waals surface area contributed by atoms with Gasteiger partial charge in [-0.3, -0.25) is 9.59 Å². The number of amides is 2. The Balaban J connectivity index is 3.25. The van der Waals surface area contributed by atoms with Crippen molar-refractivity contribution < 1.29 is 22.7 Å². The van der Waals surface area contributed by atoms with Crippen LogP contribution in [0, 0.1) is 5.92 Å². The SMILES string of the molecule is CNC(=O)C(CC(C)C)NC(=O)c1ccc(OC)c(S(=O)(=O)NC(C)(C)C)c1. The molecule has 0 bridgehead atoms. The molecule has 0 saturated carbocycles. The van der Waals surface area contributed by atoms with Crippen LogP contribution in [0.2, 0.25) is 0 Å². The molecule has 1 atom stereocenters. The van der Waals surface area contributed by atoms with Gasteiger partial charge in [-0.1, -0.05) is 13.8 Å². The highest BCUT2D eigenvalue weighted by atomic mass is 32.2. The van der Waals surface area contributed by atoms with Gasteiger partial charge in [0.15, 0.2) is 0 Å². The quantitative estimate of drug-likeness (QED) is 0.600. The van der Waals surface area contributed by atoms with Gasteiger partial charge in [0.25, 0.3) is 5.91 Å². The van der Waals surface area contributed by atoms with E-state index in [2.05, 4.69) is 15.4 Å². The van der Waals surface area contributed by atoms with Crippen molar-refractivity contribution in [2.75, 3.05) is 14.2 Å². The van der Waals surface area contributed by atoms with Crippen LogP contribution in [0.3, 0.4) is 0 Å².